The van der Waals surface area contributed by atoms with Gasteiger partial charge in [-0.1, -0.05) is 42.1 Å². The van der Waals surface area contributed by atoms with Crippen LogP contribution in [0.1, 0.15) is 5.56 Å². The molecule has 1 atom stereocenters. The topological polar surface area (TPSA) is 46.3 Å². The molecule has 0 radical (unpaired) electrons. The molecule has 0 aromatic heterocycles. The van der Waals surface area contributed by atoms with Crippen molar-refractivity contribution >= 4 is 23.4 Å². The van der Waals surface area contributed by atoms with Gasteiger partial charge in [-0.15, -0.1) is 0 Å². The summed E-state index contributed by atoms with van der Waals surface area (Å²) >= 11 is 1.33. The Balaban J connectivity index is 2.00. The SMILES string of the molecule is NC1Sc2ccccc2N(Cc2ccccc2F)C1=O. The second kappa shape index (κ2) is 5.26. The monoisotopic (exact) mass is 288 g/mol. The van der Waals surface area contributed by atoms with Crippen molar-refractivity contribution in [3.63, 3.8) is 0 Å². The molecule has 3 nitrogen and oxygen atoms in total. The summed E-state index contributed by atoms with van der Waals surface area (Å²) in [6.07, 6.45) is 0. The van der Waals surface area contributed by atoms with Gasteiger partial charge in [0.15, 0.2) is 0 Å². The standard InChI is InChI=1S/C15H13FN2OS/c16-11-6-2-1-5-10(11)9-18-12-7-3-4-8-13(12)20-14(17)15(18)19/h1-8,14H,9,17H2. The van der Waals surface area contributed by atoms with Gasteiger partial charge in [0.25, 0.3) is 5.91 Å². The zero-order chi connectivity index (χ0) is 14.1. The van der Waals surface area contributed by atoms with E-state index in [0.717, 1.165) is 10.6 Å². The molecule has 3 rings (SSSR count). The summed E-state index contributed by atoms with van der Waals surface area (Å²) in [5.74, 6) is -0.512. The number of anilines is 1. The summed E-state index contributed by atoms with van der Waals surface area (Å²) in [7, 11) is 0. The Morgan fingerprint density at radius 1 is 1.15 bits per heavy atom. The van der Waals surface area contributed by atoms with Crippen LogP contribution in [-0.2, 0) is 11.3 Å². The molecule has 1 heterocycles. The molecule has 102 valence electrons. The van der Waals surface area contributed by atoms with Gasteiger partial charge in [0.2, 0.25) is 0 Å². The van der Waals surface area contributed by atoms with Crippen molar-refractivity contribution in [3.05, 3.63) is 59.9 Å². The molecule has 2 aromatic rings. The number of fused-ring (bicyclic) bond motifs is 1. The average molecular weight is 288 g/mol. The van der Waals surface area contributed by atoms with E-state index < -0.39 is 5.37 Å². The van der Waals surface area contributed by atoms with Gasteiger partial charge in [0.05, 0.1) is 12.2 Å². The number of thioether (sulfide) groups is 1. The first-order chi connectivity index (χ1) is 9.66. The van der Waals surface area contributed by atoms with E-state index in [0.29, 0.717) is 5.56 Å². The average Bonchev–Trinajstić information content (AvgIpc) is 2.46. The van der Waals surface area contributed by atoms with E-state index in [1.165, 1.54) is 17.8 Å². The van der Waals surface area contributed by atoms with Crippen molar-refractivity contribution < 1.29 is 9.18 Å². The normalized spacial score (nSPS) is 18.0. The number of hydrogen-bond acceptors (Lipinski definition) is 3. The Labute approximate surface area is 120 Å². The van der Waals surface area contributed by atoms with E-state index in [1.54, 1.807) is 23.1 Å². The molecule has 0 bridgehead atoms. The first kappa shape index (κ1) is 13.1. The van der Waals surface area contributed by atoms with Crippen molar-refractivity contribution in [3.8, 4) is 0 Å². The summed E-state index contributed by atoms with van der Waals surface area (Å²) in [6.45, 7) is 0.191. The van der Waals surface area contributed by atoms with Crippen LogP contribution in [0.3, 0.4) is 0 Å². The predicted octanol–water partition coefficient (Wildman–Crippen LogP) is 2.75. The highest BCUT2D eigenvalue weighted by atomic mass is 32.2. The quantitative estimate of drug-likeness (QED) is 0.924. The fourth-order valence-corrected chi connectivity index (χ4v) is 3.16. The Kier molecular flexibility index (Phi) is 3.46. The number of para-hydroxylation sites is 1. The Morgan fingerprint density at radius 3 is 2.65 bits per heavy atom. The van der Waals surface area contributed by atoms with Crippen LogP contribution in [0.4, 0.5) is 10.1 Å². The smallest absolute Gasteiger partial charge is 0.254 e. The Bertz CT molecular complexity index is 662. The third kappa shape index (κ3) is 2.30. The molecule has 0 aliphatic carbocycles. The van der Waals surface area contributed by atoms with Crippen LogP contribution in [0, 0.1) is 5.82 Å². The van der Waals surface area contributed by atoms with Gasteiger partial charge in [-0.25, -0.2) is 4.39 Å². The largest absolute Gasteiger partial charge is 0.311 e. The Hall–Kier alpha value is -1.85. The lowest BCUT2D eigenvalue weighted by Gasteiger charge is -2.32. The van der Waals surface area contributed by atoms with Crippen LogP contribution in [0.15, 0.2) is 53.4 Å². The maximum absolute atomic E-state index is 13.8. The molecule has 0 fully saturated rings. The molecule has 1 unspecified atom stereocenters. The Morgan fingerprint density at radius 2 is 1.85 bits per heavy atom. The fourth-order valence-electron chi connectivity index (χ4n) is 2.20. The predicted molar refractivity (Wildman–Crippen MR) is 77.9 cm³/mol. The lowest BCUT2D eigenvalue weighted by atomic mass is 10.1. The summed E-state index contributed by atoms with van der Waals surface area (Å²) in [4.78, 5) is 14.8. The molecule has 0 saturated heterocycles. The molecular formula is C15H13FN2OS. The molecule has 0 saturated carbocycles. The van der Waals surface area contributed by atoms with Crippen molar-refractivity contribution in [2.24, 2.45) is 5.73 Å². The number of rotatable bonds is 2. The lowest BCUT2D eigenvalue weighted by Crippen LogP contribution is -2.44. The summed E-state index contributed by atoms with van der Waals surface area (Å²) in [5, 5.41) is -0.642. The maximum atomic E-state index is 13.8. The lowest BCUT2D eigenvalue weighted by molar-refractivity contribution is -0.118. The van der Waals surface area contributed by atoms with Crippen LogP contribution < -0.4 is 10.6 Å². The third-order valence-corrected chi connectivity index (χ3v) is 4.26. The van der Waals surface area contributed by atoms with E-state index in [-0.39, 0.29) is 18.3 Å². The van der Waals surface area contributed by atoms with Gasteiger partial charge in [0.1, 0.15) is 11.2 Å². The zero-order valence-electron chi connectivity index (χ0n) is 10.6. The highest BCUT2D eigenvalue weighted by Gasteiger charge is 2.31. The van der Waals surface area contributed by atoms with Crippen molar-refractivity contribution in [2.75, 3.05) is 4.90 Å². The molecule has 2 aromatic carbocycles. The molecule has 20 heavy (non-hydrogen) atoms. The third-order valence-electron chi connectivity index (χ3n) is 3.21. The van der Waals surface area contributed by atoms with Crippen molar-refractivity contribution in [2.45, 2.75) is 16.8 Å². The second-order valence-electron chi connectivity index (χ2n) is 4.52. The minimum atomic E-state index is -0.642. The second-order valence-corrected chi connectivity index (χ2v) is 5.71. The number of nitrogens with two attached hydrogens (primary N) is 1. The van der Waals surface area contributed by atoms with Gasteiger partial charge in [-0.05, 0) is 18.2 Å². The molecule has 1 amide bonds. The summed E-state index contributed by atoms with van der Waals surface area (Å²) < 4.78 is 13.8. The van der Waals surface area contributed by atoms with E-state index in [9.17, 15) is 9.18 Å². The van der Waals surface area contributed by atoms with Crippen LogP contribution in [-0.4, -0.2) is 11.3 Å². The van der Waals surface area contributed by atoms with E-state index in [2.05, 4.69) is 0 Å². The fraction of sp³-hybridized carbons (Fsp3) is 0.133. The molecule has 1 aliphatic rings. The number of nitrogens with zero attached hydrogens (tertiary/aromatic N) is 1. The van der Waals surface area contributed by atoms with Gasteiger partial charge in [0, 0.05) is 10.5 Å². The van der Waals surface area contributed by atoms with E-state index in [4.69, 9.17) is 5.73 Å². The molecule has 2 N–H and O–H groups in total. The maximum Gasteiger partial charge on any atom is 0.254 e. The van der Waals surface area contributed by atoms with Crippen LogP contribution in [0.5, 0.6) is 0 Å². The number of halogens is 1. The van der Waals surface area contributed by atoms with Crippen molar-refractivity contribution in [1.29, 1.82) is 0 Å². The first-order valence-corrected chi connectivity index (χ1v) is 7.11. The number of amides is 1. The summed E-state index contributed by atoms with van der Waals surface area (Å²) in [6, 6.07) is 14.0. The highest BCUT2D eigenvalue weighted by molar-refractivity contribution is 8.00. The minimum absolute atomic E-state index is 0.191. The van der Waals surface area contributed by atoms with Gasteiger partial charge < -0.3 is 10.6 Å². The van der Waals surface area contributed by atoms with Crippen LogP contribution in [0.2, 0.25) is 0 Å². The number of hydrogen-bond donors (Lipinski definition) is 1. The van der Waals surface area contributed by atoms with Gasteiger partial charge in [-0.3, -0.25) is 4.79 Å². The van der Waals surface area contributed by atoms with Gasteiger partial charge in [-0.2, -0.15) is 0 Å². The number of benzene rings is 2. The number of carbonyl (C=O) groups is 1. The van der Waals surface area contributed by atoms with Gasteiger partial charge >= 0.3 is 0 Å². The van der Waals surface area contributed by atoms with E-state index in [1.807, 2.05) is 24.3 Å². The van der Waals surface area contributed by atoms with Crippen LogP contribution in [0.25, 0.3) is 0 Å². The minimum Gasteiger partial charge on any atom is -0.311 e. The first-order valence-electron chi connectivity index (χ1n) is 6.23. The highest BCUT2D eigenvalue weighted by Crippen LogP contribution is 2.38. The molecule has 5 heteroatoms. The molecule has 0 spiro atoms. The van der Waals surface area contributed by atoms with Crippen LogP contribution >= 0.6 is 11.8 Å². The zero-order valence-corrected chi connectivity index (χ0v) is 11.4. The number of carbonyl (C=O) groups excluding carboxylic acids is 1. The van der Waals surface area contributed by atoms with E-state index >= 15 is 0 Å². The molecular weight excluding hydrogens is 275 g/mol. The molecule has 1 aliphatic heterocycles. The summed E-state index contributed by atoms with van der Waals surface area (Å²) in [5.41, 5.74) is 7.12. The van der Waals surface area contributed by atoms with Crippen molar-refractivity contribution in [1.82, 2.24) is 0 Å².